The lowest BCUT2D eigenvalue weighted by Gasteiger charge is -2.25. The highest BCUT2D eigenvalue weighted by atomic mass is 32.1. The van der Waals surface area contributed by atoms with E-state index in [2.05, 4.69) is 30.6 Å². The van der Waals surface area contributed by atoms with Crippen LogP contribution in [0.1, 0.15) is 58.7 Å². The van der Waals surface area contributed by atoms with Crippen LogP contribution in [0.5, 0.6) is 0 Å². The van der Waals surface area contributed by atoms with Gasteiger partial charge in [0.25, 0.3) is 0 Å². The van der Waals surface area contributed by atoms with E-state index in [9.17, 15) is 5.11 Å². The molecule has 0 aliphatic rings. The summed E-state index contributed by atoms with van der Waals surface area (Å²) >= 11 is 5.27. The maximum atomic E-state index is 10.1. The molecule has 1 unspecified atom stereocenters. The summed E-state index contributed by atoms with van der Waals surface area (Å²) in [5.74, 6) is 1.76. The normalized spacial score (nSPS) is 13.7. The monoisotopic (exact) mass is 297 g/mol. The molecule has 0 aliphatic heterocycles. The van der Waals surface area contributed by atoms with Crippen LogP contribution in [0.2, 0.25) is 0 Å². The molecule has 1 rings (SSSR count). The second-order valence-electron chi connectivity index (χ2n) is 6.47. The summed E-state index contributed by atoms with van der Waals surface area (Å²) in [6.45, 7) is 12.5. The Morgan fingerprint density at radius 1 is 1.45 bits per heavy atom. The molecule has 20 heavy (non-hydrogen) atoms. The minimum atomic E-state index is -0.714. The Bertz CT molecular complexity index is 482. The smallest absolute Gasteiger partial charge is 0.195 e. The number of aromatic nitrogens is 3. The third-order valence-corrected chi connectivity index (χ3v) is 3.61. The van der Waals surface area contributed by atoms with Gasteiger partial charge in [-0.15, -0.1) is 6.58 Å². The van der Waals surface area contributed by atoms with Crippen molar-refractivity contribution in [3.05, 3.63) is 23.3 Å². The van der Waals surface area contributed by atoms with E-state index in [0.29, 0.717) is 23.7 Å². The lowest BCUT2D eigenvalue weighted by atomic mass is 9.87. The number of aliphatic hydroxyl groups is 1. The predicted octanol–water partition coefficient (Wildman–Crippen LogP) is 3.81. The first-order valence-electron chi connectivity index (χ1n) is 7.23. The Kier molecular flexibility index (Phi) is 6.14. The van der Waals surface area contributed by atoms with Gasteiger partial charge >= 0.3 is 0 Å². The van der Waals surface area contributed by atoms with E-state index in [1.165, 1.54) is 0 Å². The van der Waals surface area contributed by atoms with Crippen molar-refractivity contribution in [1.29, 1.82) is 0 Å². The van der Waals surface area contributed by atoms with Crippen LogP contribution in [0.4, 0.5) is 0 Å². The molecular weight excluding hydrogens is 270 g/mol. The van der Waals surface area contributed by atoms with Gasteiger partial charge in [0.1, 0.15) is 5.82 Å². The van der Waals surface area contributed by atoms with Crippen molar-refractivity contribution in [2.24, 2.45) is 5.92 Å². The van der Waals surface area contributed by atoms with Crippen LogP contribution in [0.15, 0.2) is 12.7 Å². The highest BCUT2D eigenvalue weighted by molar-refractivity contribution is 7.71. The molecule has 0 amide bonds. The van der Waals surface area contributed by atoms with Gasteiger partial charge in [-0.05, 0) is 44.8 Å². The number of rotatable bonds is 8. The number of H-pyrrole nitrogens is 1. The number of nitrogens with zero attached hydrogens (tertiary/aromatic N) is 2. The molecule has 5 heteroatoms. The maximum absolute atomic E-state index is 10.1. The Labute approximate surface area is 126 Å². The summed E-state index contributed by atoms with van der Waals surface area (Å²) in [7, 11) is 0. The van der Waals surface area contributed by atoms with Gasteiger partial charge in [0.15, 0.2) is 4.77 Å². The molecule has 1 atom stereocenters. The molecule has 0 radical (unpaired) electrons. The molecule has 4 nitrogen and oxygen atoms in total. The second-order valence-corrected chi connectivity index (χ2v) is 6.86. The molecule has 1 aromatic heterocycles. The molecular formula is C15H27N3OS. The largest absolute Gasteiger partial charge is 0.390 e. The summed E-state index contributed by atoms with van der Waals surface area (Å²) in [4.78, 5) is 0. The van der Waals surface area contributed by atoms with E-state index in [1.807, 2.05) is 24.5 Å². The summed E-state index contributed by atoms with van der Waals surface area (Å²) in [6, 6.07) is 0. The number of nitrogens with one attached hydrogen (secondary N) is 1. The van der Waals surface area contributed by atoms with Gasteiger partial charge in [0.05, 0.1) is 5.60 Å². The van der Waals surface area contributed by atoms with E-state index in [4.69, 9.17) is 12.2 Å². The first kappa shape index (κ1) is 17.1. The molecule has 2 N–H and O–H groups in total. The van der Waals surface area contributed by atoms with E-state index in [1.54, 1.807) is 0 Å². The molecule has 0 saturated heterocycles. The Morgan fingerprint density at radius 2 is 2.10 bits per heavy atom. The van der Waals surface area contributed by atoms with Crippen LogP contribution in [0, 0.1) is 10.7 Å². The molecule has 0 fully saturated rings. The number of hydrogen-bond acceptors (Lipinski definition) is 3. The lowest BCUT2D eigenvalue weighted by molar-refractivity contribution is 0.0599. The SMILES string of the molecule is C=CCn1c(C(CCC(C)C)CC(C)(C)O)n[nH]c1=S. The van der Waals surface area contributed by atoms with Crippen LogP contribution >= 0.6 is 12.2 Å². The standard InChI is InChI=1S/C15H27N3OS/c1-6-9-18-13(16-17-14(18)20)12(8-7-11(2)3)10-15(4,5)19/h6,11-12,19H,1,7-10H2,2-5H3,(H,17,20). The van der Waals surface area contributed by atoms with Gasteiger partial charge in [0, 0.05) is 12.5 Å². The molecule has 0 spiro atoms. The third-order valence-electron chi connectivity index (χ3n) is 3.30. The Morgan fingerprint density at radius 3 is 2.60 bits per heavy atom. The molecule has 0 saturated carbocycles. The maximum Gasteiger partial charge on any atom is 0.195 e. The molecule has 0 aliphatic carbocycles. The zero-order valence-electron chi connectivity index (χ0n) is 13.0. The quantitative estimate of drug-likeness (QED) is 0.567. The Balaban J connectivity index is 3.02. The van der Waals surface area contributed by atoms with Gasteiger partial charge in [0.2, 0.25) is 0 Å². The highest BCUT2D eigenvalue weighted by Crippen LogP contribution is 2.30. The molecule has 0 bridgehead atoms. The summed E-state index contributed by atoms with van der Waals surface area (Å²) < 4.78 is 2.59. The number of aromatic amines is 1. The van der Waals surface area contributed by atoms with Crippen molar-refractivity contribution < 1.29 is 5.11 Å². The van der Waals surface area contributed by atoms with Crippen molar-refractivity contribution in [2.75, 3.05) is 0 Å². The molecule has 114 valence electrons. The van der Waals surface area contributed by atoms with Crippen molar-refractivity contribution in [3.8, 4) is 0 Å². The van der Waals surface area contributed by atoms with Crippen molar-refractivity contribution in [2.45, 2.75) is 65.0 Å². The van der Waals surface area contributed by atoms with Crippen molar-refractivity contribution >= 4 is 12.2 Å². The van der Waals surface area contributed by atoms with Gasteiger partial charge in [-0.3, -0.25) is 5.10 Å². The van der Waals surface area contributed by atoms with E-state index in [0.717, 1.165) is 18.7 Å². The molecule has 1 heterocycles. The number of allylic oxidation sites excluding steroid dienone is 1. The summed E-state index contributed by atoms with van der Waals surface area (Å²) in [5, 5.41) is 17.4. The minimum absolute atomic E-state index is 0.199. The fourth-order valence-electron chi connectivity index (χ4n) is 2.41. The first-order chi connectivity index (χ1) is 9.24. The third kappa shape index (κ3) is 5.21. The first-order valence-corrected chi connectivity index (χ1v) is 7.63. The van der Waals surface area contributed by atoms with Crippen LogP contribution in [0.25, 0.3) is 0 Å². The second kappa shape index (κ2) is 7.18. The average Bonchev–Trinajstić information content (AvgIpc) is 2.66. The van der Waals surface area contributed by atoms with Crippen LogP contribution in [-0.4, -0.2) is 25.5 Å². The van der Waals surface area contributed by atoms with Crippen molar-refractivity contribution in [1.82, 2.24) is 14.8 Å². The topological polar surface area (TPSA) is 53.8 Å². The molecule has 0 aromatic carbocycles. The van der Waals surface area contributed by atoms with Crippen molar-refractivity contribution in [3.63, 3.8) is 0 Å². The van der Waals surface area contributed by atoms with E-state index >= 15 is 0 Å². The zero-order valence-corrected chi connectivity index (χ0v) is 13.8. The van der Waals surface area contributed by atoms with Gasteiger partial charge in [-0.2, -0.15) is 5.10 Å². The van der Waals surface area contributed by atoms with E-state index < -0.39 is 5.60 Å². The summed E-state index contributed by atoms with van der Waals surface area (Å²) in [5.41, 5.74) is -0.714. The molecule has 1 aromatic rings. The fraction of sp³-hybridized carbons (Fsp3) is 0.733. The zero-order chi connectivity index (χ0) is 15.3. The lowest BCUT2D eigenvalue weighted by Crippen LogP contribution is -2.24. The number of hydrogen-bond donors (Lipinski definition) is 2. The van der Waals surface area contributed by atoms with Gasteiger partial charge < -0.3 is 9.67 Å². The predicted molar refractivity (Wildman–Crippen MR) is 85.3 cm³/mol. The Hall–Kier alpha value is -0.940. The van der Waals surface area contributed by atoms with Crippen LogP contribution in [0.3, 0.4) is 0 Å². The minimum Gasteiger partial charge on any atom is -0.390 e. The van der Waals surface area contributed by atoms with Gasteiger partial charge in [-0.1, -0.05) is 26.3 Å². The average molecular weight is 297 g/mol. The van der Waals surface area contributed by atoms with Crippen LogP contribution < -0.4 is 0 Å². The highest BCUT2D eigenvalue weighted by Gasteiger charge is 2.25. The van der Waals surface area contributed by atoms with E-state index in [-0.39, 0.29) is 5.92 Å². The van der Waals surface area contributed by atoms with Gasteiger partial charge in [-0.25, -0.2) is 0 Å². The summed E-state index contributed by atoms with van der Waals surface area (Å²) in [6.07, 6.45) is 4.60. The fourth-order valence-corrected chi connectivity index (χ4v) is 2.62. The van der Waals surface area contributed by atoms with Crippen LogP contribution in [-0.2, 0) is 6.54 Å².